The molecule has 0 aliphatic heterocycles. The minimum atomic E-state index is -0.895. The van der Waals surface area contributed by atoms with Crippen LogP contribution >= 0.6 is 0 Å². The third-order valence-electron chi connectivity index (χ3n) is 2.71. The molecule has 100 valence electrons. The molecule has 0 amide bonds. The second kappa shape index (κ2) is 6.10. The van der Waals surface area contributed by atoms with E-state index in [4.69, 9.17) is 9.84 Å². The minimum Gasteiger partial charge on any atom is -0.481 e. The molecule has 0 fully saturated rings. The number of anilines is 1. The molecule has 6 heteroatoms. The average Bonchev–Trinajstić information content (AvgIpc) is 2.42. The SMILES string of the molecule is COC(CNc1ncc2ccccc2n1)CC(=O)O. The normalized spacial score (nSPS) is 12.3. The number of methoxy groups -OCH3 is 1. The van der Waals surface area contributed by atoms with Crippen LogP contribution in [-0.4, -0.2) is 40.8 Å². The molecule has 2 aromatic rings. The van der Waals surface area contributed by atoms with E-state index in [1.165, 1.54) is 7.11 Å². The smallest absolute Gasteiger partial charge is 0.306 e. The molecule has 2 N–H and O–H groups in total. The van der Waals surface area contributed by atoms with Crippen LogP contribution in [0.1, 0.15) is 6.42 Å². The molecule has 1 aromatic carbocycles. The highest BCUT2D eigenvalue weighted by molar-refractivity contribution is 5.78. The van der Waals surface area contributed by atoms with Gasteiger partial charge in [0.15, 0.2) is 0 Å². The number of carboxylic acids is 1. The van der Waals surface area contributed by atoms with Crippen molar-refractivity contribution in [1.82, 2.24) is 9.97 Å². The molecule has 0 radical (unpaired) electrons. The number of ether oxygens (including phenoxy) is 1. The van der Waals surface area contributed by atoms with Gasteiger partial charge in [0, 0.05) is 25.2 Å². The van der Waals surface area contributed by atoms with E-state index in [0.29, 0.717) is 12.5 Å². The number of carbonyl (C=O) groups is 1. The quantitative estimate of drug-likeness (QED) is 0.820. The first kappa shape index (κ1) is 13.2. The predicted octanol–water partition coefficient (Wildman–Crippen LogP) is 1.53. The largest absolute Gasteiger partial charge is 0.481 e. The summed E-state index contributed by atoms with van der Waals surface area (Å²) in [7, 11) is 1.48. The lowest BCUT2D eigenvalue weighted by atomic mass is 10.2. The van der Waals surface area contributed by atoms with Crippen molar-refractivity contribution in [2.45, 2.75) is 12.5 Å². The lowest BCUT2D eigenvalue weighted by molar-refractivity contribution is -0.139. The van der Waals surface area contributed by atoms with Crippen molar-refractivity contribution in [3.8, 4) is 0 Å². The number of rotatable bonds is 6. The Kier molecular flexibility index (Phi) is 4.25. The van der Waals surface area contributed by atoms with Crippen LogP contribution in [0.4, 0.5) is 5.95 Å². The number of aromatic nitrogens is 2. The fraction of sp³-hybridized carbons (Fsp3) is 0.308. The van der Waals surface area contributed by atoms with Gasteiger partial charge in [0.05, 0.1) is 18.0 Å². The van der Waals surface area contributed by atoms with Crippen molar-refractivity contribution in [1.29, 1.82) is 0 Å². The maximum absolute atomic E-state index is 10.6. The van der Waals surface area contributed by atoms with Crippen LogP contribution < -0.4 is 5.32 Å². The van der Waals surface area contributed by atoms with Crippen molar-refractivity contribution >= 4 is 22.8 Å². The zero-order valence-corrected chi connectivity index (χ0v) is 10.5. The molecule has 1 unspecified atom stereocenters. The Hall–Kier alpha value is -2.21. The minimum absolute atomic E-state index is 0.0585. The number of hydrogen-bond donors (Lipinski definition) is 2. The number of aliphatic carboxylic acids is 1. The monoisotopic (exact) mass is 261 g/mol. The van der Waals surface area contributed by atoms with Crippen LogP contribution in [0, 0.1) is 0 Å². The number of benzene rings is 1. The summed E-state index contributed by atoms with van der Waals surface area (Å²) in [5.74, 6) is -0.431. The molecule has 19 heavy (non-hydrogen) atoms. The van der Waals surface area contributed by atoms with Crippen LogP contribution in [0.2, 0.25) is 0 Å². The van der Waals surface area contributed by atoms with E-state index >= 15 is 0 Å². The molecule has 1 heterocycles. The molecule has 0 saturated heterocycles. The summed E-state index contributed by atoms with van der Waals surface area (Å²) in [6.07, 6.45) is 1.26. The molecule has 2 rings (SSSR count). The first-order valence-electron chi connectivity index (χ1n) is 5.89. The van der Waals surface area contributed by atoms with Gasteiger partial charge in [-0.15, -0.1) is 0 Å². The molecule has 1 aromatic heterocycles. The molecular formula is C13H15N3O3. The maximum atomic E-state index is 10.6. The van der Waals surface area contributed by atoms with Gasteiger partial charge >= 0.3 is 5.97 Å². The standard InChI is InChI=1S/C13H15N3O3/c1-19-10(6-12(17)18)8-15-13-14-7-9-4-2-3-5-11(9)16-13/h2-5,7,10H,6,8H2,1H3,(H,17,18)(H,14,15,16). The van der Waals surface area contributed by atoms with E-state index in [0.717, 1.165) is 10.9 Å². The fourth-order valence-corrected chi connectivity index (χ4v) is 1.70. The van der Waals surface area contributed by atoms with Crippen molar-refractivity contribution in [3.63, 3.8) is 0 Å². The van der Waals surface area contributed by atoms with Crippen molar-refractivity contribution in [3.05, 3.63) is 30.5 Å². The molecular weight excluding hydrogens is 246 g/mol. The maximum Gasteiger partial charge on any atom is 0.306 e. The highest BCUT2D eigenvalue weighted by Crippen LogP contribution is 2.11. The topological polar surface area (TPSA) is 84.3 Å². The van der Waals surface area contributed by atoms with Crippen LogP contribution in [0.5, 0.6) is 0 Å². The average molecular weight is 261 g/mol. The predicted molar refractivity (Wildman–Crippen MR) is 71.1 cm³/mol. The molecule has 0 saturated carbocycles. The highest BCUT2D eigenvalue weighted by Gasteiger charge is 2.12. The van der Waals surface area contributed by atoms with Crippen LogP contribution in [0.15, 0.2) is 30.5 Å². The summed E-state index contributed by atoms with van der Waals surface area (Å²) in [6.45, 7) is 0.348. The Morgan fingerprint density at radius 1 is 1.47 bits per heavy atom. The second-order valence-electron chi connectivity index (χ2n) is 4.09. The third kappa shape index (κ3) is 3.62. The third-order valence-corrected chi connectivity index (χ3v) is 2.71. The van der Waals surface area contributed by atoms with Crippen LogP contribution in [-0.2, 0) is 9.53 Å². The van der Waals surface area contributed by atoms with E-state index in [9.17, 15) is 4.79 Å². The lowest BCUT2D eigenvalue weighted by Gasteiger charge is -2.13. The zero-order valence-electron chi connectivity index (χ0n) is 10.5. The van der Waals surface area contributed by atoms with Gasteiger partial charge in [-0.05, 0) is 6.07 Å². The summed E-state index contributed by atoms with van der Waals surface area (Å²) >= 11 is 0. The summed E-state index contributed by atoms with van der Waals surface area (Å²) in [6, 6.07) is 7.66. The van der Waals surface area contributed by atoms with Gasteiger partial charge in [-0.25, -0.2) is 9.97 Å². The number of nitrogens with zero attached hydrogens (tertiary/aromatic N) is 2. The molecule has 0 aliphatic rings. The second-order valence-corrected chi connectivity index (χ2v) is 4.09. The number of hydrogen-bond acceptors (Lipinski definition) is 5. The van der Waals surface area contributed by atoms with Gasteiger partial charge in [0.25, 0.3) is 0 Å². The van der Waals surface area contributed by atoms with Crippen molar-refractivity contribution < 1.29 is 14.6 Å². The van der Waals surface area contributed by atoms with Gasteiger partial charge in [-0.3, -0.25) is 4.79 Å². The number of nitrogens with one attached hydrogen (secondary N) is 1. The van der Waals surface area contributed by atoms with E-state index in [1.54, 1.807) is 6.20 Å². The van der Waals surface area contributed by atoms with Crippen molar-refractivity contribution in [2.24, 2.45) is 0 Å². The summed E-state index contributed by atoms with van der Waals surface area (Å²) in [5.41, 5.74) is 0.840. The van der Waals surface area contributed by atoms with Crippen LogP contribution in [0.25, 0.3) is 10.9 Å². The molecule has 6 nitrogen and oxygen atoms in total. The molecule has 1 atom stereocenters. The number of para-hydroxylation sites is 1. The number of fused-ring (bicyclic) bond motifs is 1. The van der Waals surface area contributed by atoms with Gasteiger partial charge < -0.3 is 15.2 Å². The zero-order chi connectivity index (χ0) is 13.7. The molecule has 0 aliphatic carbocycles. The molecule has 0 bridgehead atoms. The molecule has 0 spiro atoms. The Morgan fingerprint density at radius 2 is 2.26 bits per heavy atom. The fourth-order valence-electron chi connectivity index (χ4n) is 1.70. The highest BCUT2D eigenvalue weighted by atomic mass is 16.5. The van der Waals surface area contributed by atoms with E-state index in [1.807, 2.05) is 24.3 Å². The lowest BCUT2D eigenvalue weighted by Crippen LogP contribution is -2.25. The van der Waals surface area contributed by atoms with Gasteiger partial charge in [0.1, 0.15) is 0 Å². The summed E-state index contributed by atoms with van der Waals surface area (Å²) in [4.78, 5) is 19.1. The summed E-state index contributed by atoms with van der Waals surface area (Å²) < 4.78 is 5.07. The Labute approximate surface area is 110 Å². The van der Waals surface area contributed by atoms with Gasteiger partial charge in [0.2, 0.25) is 5.95 Å². The number of carboxylic acid groups (broad SMARTS) is 1. The Bertz CT molecular complexity index is 574. The summed E-state index contributed by atoms with van der Waals surface area (Å²) in [5, 5.41) is 12.7. The van der Waals surface area contributed by atoms with Crippen LogP contribution in [0.3, 0.4) is 0 Å². The first-order chi connectivity index (χ1) is 9.19. The Balaban J connectivity index is 2.02. The van der Waals surface area contributed by atoms with E-state index in [-0.39, 0.29) is 6.42 Å². The Morgan fingerprint density at radius 3 is 3.00 bits per heavy atom. The van der Waals surface area contributed by atoms with E-state index in [2.05, 4.69) is 15.3 Å². The first-order valence-corrected chi connectivity index (χ1v) is 5.89. The van der Waals surface area contributed by atoms with E-state index < -0.39 is 12.1 Å². The van der Waals surface area contributed by atoms with Gasteiger partial charge in [-0.2, -0.15) is 0 Å². The van der Waals surface area contributed by atoms with Gasteiger partial charge in [-0.1, -0.05) is 18.2 Å². The van der Waals surface area contributed by atoms with Crippen molar-refractivity contribution in [2.75, 3.05) is 19.0 Å².